The number of fused-ring (bicyclic) bond motifs is 2. The fourth-order valence-electron chi connectivity index (χ4n) is 2.61. The van der Waals surface area contributed by atoms with E-state index in [0.29, 0.717) is 18.2 Å². The summed E-state index contributed by atoms with van der Waals surface area (Å²) in [5.41, 5.74) is -0.999. The second-order valence-corrected chi connectivity index (χ2v) is 4.75. The van der Waals surface area contributed by atoms with Crippen LogP contribution in [-0.2, 0) is 6.18 Å². The highest BCUT2D eigenvalue weighted by atomic mass is 19.4. The molecule has 0 spiro atoms. The summed E-state index contributed by atoms with van der Waals surface area (Å²) >= 11 is 0. The van der Waals surface area contributed by atoms with Crippen LogP contribution < -0.4 is 10.1 Å². The Hall–Kier alpha value is -1.37. The zero-order valence-electron chi connectivity index (χ0n) is 9.44. The molecule has 2 aliphatic rings. The Bertz CT molecular complexity index is 434. The quantitative estimate of drug-likeness (QED) is 0.876. The zero-order chi connectivity index (χ0) is 12.8. The van der Waals surface area contributed by atoms with Crippen molar-refractivity contribution in [2.24, 2.45) is 5.92 Å². The molecule has 1 saturated carbocycles. The van der Waals surface area contributed by atoms with Crippen LogP contribution in [0.15, 0.2) is 12.4 Å². The maximum Gasteiger partial charge on any atom is 0.434 e. The third-order valence-electron chi connectivity index (χ3n) is 3.46. The lowest BCUT2D eigenvalue weighted by molar-refractivity contribution is -0.141. The topological polar surface area (TPSA) is 47.0 Å². The molecule has 0 aromatic carbocycles. The third-order valence-corrected chi connectivity index (χ3v) is 3.46. The highest BCUT2D eigenvalue weighted by molar-refractivity contribution is 5.11. The van der Waals surface area contributed by atoms with Gasteiger partial charge in [0.05, 0.1) is 12.4 Å². The number of nitrogens with one attached hydrogen (secondary N) is 1. The predicted octanol–water partition coefficient (Wildman–Crippen LogP) is 1.62. The Kier molecular flexibility index (Phi) is 2.65. The van der Waals surface area contributed by atoms with E-state index < -0.39 is 11.9 Å². The molecular formula is C11H12F3N3O. The molecule has 3 rings (SSSR count). The minimum absolute atomic E-state index is 0.00483. The monoisotopic (exact) mass is 259 g/mol. The van der Waals surface area contributed by atoms with E-state index in [1.165, 1.54) is 0 Å². The molecule has 18 heavy (non-hydrogen) atoms. The van der Waals surface area contributed by atoms with Gasteiger partial charge in [-0.05, 0) is 25.3 Å². The average molecular weight is 259 g/mol. The van der Waals surface area contributed by atoms with Gasteiger partial charge < -0.3 is 10.1 Å². The van der Waals surface area contributed by atoms with Crippen LogP contribution in [0.5, 0.6) is 5.88 Å². The molecule has 1 aromatic rings. The molecule has 1 N–H and O–H groups in total. The van der Waals surface area contributed by atoms with Crippen molar-refractivity contribution in [2.75, 3.05) is 6.54 Å². The van der Waals surface area contributed by atoms with Crippen molar-refractivity contribution in [3.05, 3.63) is 18.1 Å². The molecule has 98 valence electrons. The van der Waals surface area contributed by atoms with Gasteiger partial charge in [-0.2, -0.15) is 13.2 Å². The smallest absolute Gasteiger partial charge is 0.434 e. The lowest BCUT2D eigenvalue weighted by atomic mass is 10.1. The molecule has 1 aromatic heterocycles. The molecule has 4 nitrogen and oxygen atoms in total. The van der Waals surface area contributed by atoms with Crippen LogP contribution in [-0.4, -0.2) is 28.7 Å². The highest BCUT2D eigenvalue weighted by Gasteiger charge is 2.41. The Morgan fingerprint density at radius 3 is 2.56 bits per heavy atom. The normalized spacial score (nSPS) is 30.7. The summed E-state index contributed by atoms with van der Waals surface area (Å²) in [5.74, 6) is 0.768. The Labute approximate surface area is 102 Å². The van der Waals surface area contributed by atoms with E-state index >= 15 is 0 Å². The van der Waals surface area contributed by atoms with E-state index in [2.05, 4.69) is 15.3 Å². The van der Waals surface area contributed by atoms with E-state index in [1.54, 1.807) is 0 Å². The highest BCUT2D eigenvalue weighted by Crippen LogP contribution is 2.33. The number of hydrogen-bond acceptors (Lipinski definition) is 4. The van der Waals surface area contributed by atoms with Crippen molar-refractivity contribution in [3.63, 3.8) is 0 Å². The van der Waals surface area contributed by atoms with Gasteiger partial charge in [-0.3, -0.25) is 0 Å². The standard InChI is InChI=1S/C11H12F3N3O/c12-11(13,14)9-4-17-10(5-16-9)18-8-2-6-1-7(8)15-3-6/h4-8,15H,1-3H2. The molecule has 0 amide bonds. The van der Waals surface area contributed by atoms with Crippen molar-refractivity contribution in [3.8, 4) is 5.88 Å². The number of nitrogens with zero attached hydrogens (tertiary/aromatic N) is 2. The van der Waals surface area contributed by atoms with E-state index in [9.17, 15) is 13.2 Å². The van der Waals surface area contributed by atoms with Crippen LogP contribution in [0, 0.1) is 5.92 Å². The van der Waals surface area contributed by atoms with Crippen molar-refractivity contribution < 1.29 is 17.9 Å². The third kappa shape index (κ3) is 2.14. The molecule has 0 radical (unpaired) electrons. The van der Waals surface area contributed by atoms with Crippen molar-refractivity contribution in [1.82, 2.24) is 15.3 Å². The number of ether oxygens (including phenoxy) is 1. The molecule has 2 bridgehead atoms. The van der Waals surface area contributed by atoms with Crippen molar-refractivity contribution in [2.45, 2.75) is 31.2 Å². The number of aromatic nitrogens is 2. The SMILES string of the molecule is FC(F)(F)c1cnc(OC2CC3CNC2C3)cn1. The number of halogens is 3. The average Bonchev–Trinajstić information content (AvgIpc) is 2.90. The molecule has 3 atom stereocenters. The minimum Gasteiger partial charge on any atom is -0.472 e. The summed E-state index contributed by atoms with van der Waals surface area (Å²) in [5, 5.41) is 3.31. The van der Waals surface area contributed by atoms with E-state index in [4.69, 9.17) is 4.74 Å². The second kappa shape index (κ2) is 4.08. The first kappa shape index (κ1) is 11.7. The van der Waals surface area contributed by atoms with Gasteiger partial charge in [-0.25, -0.2) is 9.97 Å². The van der Waals surface area contributed by atoms with Crippen LogP contribution in [0.25, 0.3) is 0 Å². The van der Waals surface area contributed by atoms with Gasteiger partial charge in [-0.1, -0.05) is 0 Å². The van der Waals surface area contributed by atoms with E-state index in [0.717, 1.165) is 25.6 Å². The Morgan fingerprint density at radius 2 is 2.06 bits per heavy atom. The maximum absolute atomic E-state index is 12.3. The number of alkyl halides is 3. The lowest BCUT2D eigenvalue weighted by Gasteiger charge is -2.23. The molecule has 1 saturated heterocycles. The Balaban J connectivity index is 1.67. The first-order valence-corrected chi connectivity index (χ1v) is 5.81. The van der Waals surface area contributed by atoms with Gasteiger partial charge in [0, 0.05) is 6.04 Å². The molecule has 1 aliphatic carbocycles. The molecule has 7 heteroatoms. The fourth-order valence-corrected chi connectivity index (χ4v) is 2.61. The number of hydrogen-bond donors (Lipinski definition) is 1. The van der Waals surface area contributed by atoms with Crippen LogP contribution in [0.4, 0.5) is 13.2 Å². The fraction of sp³-hybridized carbons (Fsp3) is 0.636. The lowest BCUT2D eigenvalue weighted by Crippen LogP contribution is -2.40. The Morgan fingerprint density at radius 1 is 1.22 bits per heavy atom. The zero-order valence-corrected chi connectivity index (χ0v) is 9.44. The van der Waals surface area contributed by atoms with Gasteiger partial charge in [0.2, 0.25) is 5.88 Å². The largest absolute Gasteiger partial charge is 0.472 e. The summed E-state index contributed by atoms with van der Waals surface area (Å²) in [7, 11) is 0. The minimum atomic E-state index is -4.46. The van der Waals surface area contributed by atoms with E-state index in [1.807, 2.05) is 0 Å². The van der Waals surface area contributed by atoms with Crippen LogP contribution in [0.3, 0.4) is 0 Å². The molecule has 3 unspecified atom stereocenters. The molecular weight excluding hydrogens is 247 g/mol. The second-order valence-electron chi connectivity index (χ2n) is 4.75. The van der Waals surface area contributed by atoms with E-state index in [-0.39, 0.29) is 12.0 Å². The predicted molar refractivity (Wildman–Crippen MR) is 56.0 cm³/mol. The molecule has 2 fully saturated rings. The van der Waals surface area contributed by atoms with Gasteiger partial charge in [-0.15, -0.1) is 0 Å². The van der Waals surface area contributed by atoms with Gasteiger partial charge in [0.1, 0.15) is 6.10 Å². The first-order chi connectivity index (χ1) is 8.52. The summed E-state index contributed by atoms with van der Waals surface area (Å²) < 4.78 is 42.5. The van der Waals surface area contributed by atoms with Gasteiger partial charge in [0.25, 0.3) is 0 Å². The number of rotatable bonds is 2. The molecule has 1 aliphatic heterocycles. The summed E-state index contributed by atoms with van der Waals surface area (Å²) in [6, 6.07) is 0.291. The van der Waals surface area contributed by atoms with Gasteiger partial charge >= 0.3 is 6.18 Å². The van der Waals surface area contributed by atoms with Crippen molar-refractivity contribution >= 4 is 0 Å². The first-order valence-electron chi connectivity index (χ1n) is 5.81. The van der Waals surface area contributed by atoms with Crippen LogP contribution in [0.2, 0.25) is 0 Å². The van der Waals surface area contributed by atoms with Gasteiger partial charge in [0.15, 0.2) is 5.69 Å². The van der Waals surface area contributed by atoms with Crippen LogP contribution in [0.1, 0.15) is 18.5 Å². The maximum atomic E-state index is 12.3. The van der Waals surface area contributed by atoms with Crippen LogP contribution >= 0.6 is 0 Å². The van der Waals surface area contributed by atoms with Crippen molar-refractivity contribution in [1.29, 1.82) is 0 Å². The summed E-state index contributed by atoms with van der Waals surface area (Å²) in [6.07, 6.45) is -0.724. The summed E-state index contributed by atoms with van der Waals surface area (Å²) in [6.45, 7) is 1.00. The summed E-state index contributed by atoms with van der Waals surface area (Å²) in [4.78, 5) is 6.98. The molecule has 2 heterocycles. The number of piperidine rings is 1.